The molecule has 0 spiro atoms. The average molecular weight is 304 g/mol. The van der Waals surface area contributed by atoms with Crippen LogP contribution in [0.1, 0.15) is 18.9 Å². The highest BCUT2D eigenvalue weighted by Gasteiger charge is 2.25. The van der Waals surface area contributed by atoms with E-state index >= 15 is 0 Å². The van der Waals surface area contributed by atoms with E-state index < -0.39 is 10.0 Å². The van der Waals surface area contributed by atoms with E-state index in [2.05, 4.69) is 15.9 Å². The second kappa shape index (κ2) is 4.37. The fourth-order valence-electron chi connectivity index (χ4n) is 1.98. The Morgan fingerprint density at radius 3 is 2.88 bits per heavy atom. The van der Waals surface area contributed by atoms with E-state index in [1.165, 1.54) is 4.31 Å². The van der Waals surface area contributed by atoms with Crippen LogP contribution >= 0.6 is 15.9 Å². The van der Waals surface area contributed by atoms with Gasteiger partial charge in [-0.2, -0.15) is 0 Å². The fourth-order valence-corrected chi connectivity index (χ4v) is 3.58. The summed E-state index contributed by atoms with van der Waals surface area (Å²) in [7, 11) is -3.13. The summed E-state index contributed by atoms with van der Waals surface area (Å²) in [5.74, 6) is 0.155. The maximum absolute atomic E-state index is 11.9. The van der Waals surface area contributed by atoms with Gasteiger partial charge in [0, 0.05) is 11.0 Å². The monoisotopic (exact) mass is 303 g/mol. The van der Waals surface area contributed by atoms with Crippen molar-refractivity contribution < 1.29 is 8.42 Å². The van der Waals surface area contributed by atoms with Crippen molar-refractivity contribution in [2.75, 3.05) is 16.6 Å². The highest BCUT2D eigenvalue weighted by molar-refractivity contribution is 9.10. The molecule has 0 aliphatic carbocycles. The summed E-state index contributed by atoms with van der Waals surface area (Å²) in [6, 6.07) is 5.78. The van der Waals surface area contributed by atoms with Gasteiger partial charge in [-0.1, -0.05) is 15.9 Å². The Labute approximate surface area is 105 Å². The van der Waals surface area contributed by atoms with Gasteiger partial charge in [0.15, 0.2) is 0 Å². The molecule has 1 heterocycles. The summed E-state index contributed by atoms with van der Waals surface area (Å²) in [5.41, 5.74) is 1.95. The number of aryl methyl sites for hydroxylation is 1. The minimum atomic E-state index is -3.13. The number of nitrogens with zero attached hydrogens (tertiary/aromatic N) is 1. The van der Waals surface area contributed by atoms with Gasteiger partial charge in [-0.05, 0) is 43.5 Å². The molecule has 0 saturated heterocycles. The molecule has 0 aromatic heterocycles. The van der Waals surface area contributed by atoms with Gasteiger partial charge in [0.2, 0.25) is 10.0 Å². The van der Waals surface area contributed by atoms with Crippen molar-refractivity contribution in [1.29, 1.82) is 0 Å². The molecule has 3 nitrogen and oxygen atoms in total. The van der Waals surface area contributed by atoms with E-state index in [9.17, 15) is 8.42 Å². The van der Waals surface area contributed by atoms with Crippen molar-refractivity contribution in [1.82, 2.24) is 0 Å². The summed E-state index contributed by atoms with van der Waals surface area (Å²) >= 11 is 3.41. The van der Waals surface area contributed by atoms with E-state index in [1.54, 1.807) is 6.92 Å². The normalized spacial score (nSPS) is 16.0. The number of benzene rings is 1. The maximum Gasteiger partial charge on any atom is 0.234 e. The van der Waals surface area contributed by atoms with E-state index in [0.717, 1.165) is 28.6 Å². The molecule has 0 radical (unpaired) electrons. The molecule has 0 N–H and O–H groups in total. The number of fused-ring (bicyclic) bond motifs is 1. The lowest BCUT2D eigenvalue weighted by Gasteiger charge is -2.30. The highest BCUT2D eigenvalue weighted by atomic mass is 79.9. The van der Waals surface area contributed by atoms with Crippen molar-refractivity contribution in [3.05, 3.63) is 28.2 Å². The first kappa shape index (κ1) is 11.9. The smallest absolute Gasteiger partial charge is 0.234 e. The number of rotatable bonds is 2. The first-order chi connectivity index (χ1) is 7.54. The van der Waals surface area contributed by atoms with Crippen LogP contribution in [0, 0.1) is 0 Å². The summed E-state index contributed by atoms with van der Waals surface area (Å²) < 4.78 is 26.4. The molecule has 0 atom stereocenters. The molecule has 0 fully saturated rings. The first-order valence-electron chi connectivity index (χ1n) is 5.33. The molecule has 5 heteroatoms. The predicted molar refractivity (Wildman–Crippen MR) is 69.3 cm³/mol. The van der Waals surface area contributed by atoms with Crippen LogP contribution in [0.3, 0.4) is 0 Å². The van der Waals surface area contributed by atoms with Gasteiger partial charge in [-0.25, -0.2) is 8.42 Å². The average Bonchev–Trinajstić information content (AvgIpc) is 2.27. The predicted octanol–water partition coefficient (Wildman–Crippen LogP) is 2.55. The molecule has 1 aromatic rings. The van der Waals surface area contributed by atoms with Crippen molar-refractivity contribution in [2.45, 2.75) is 19.8 Å². The third-order valence-corrected chi connectivity index (χ3v) is 5.09. The molecule has 1 aromatic carbocycles. The third kappa shape index (κ3) is 2.11. The SMILES string of the molecule is CCS(=O)(=O)N1CCCc2cc(Br)ccc21. The van der Waals surface area contributed by atoms with E-state index in [0.29, 0.717) is 6.54 Å². The second-order valence-corrected chi connectivity index (χ2v) is 6.95. The van der Waals surface area contributed by atoms with Gasteiger partial charge >= 0.3 is 0 Å². The van der Waals surface area contributed by atoms with Crippen LogP contribution in [0.5, 0.6) is 0 Å². The molecular formula is C11H14BrNO2S. The van der Waals surface area contributed by atoms with Crippen molar-refractivity contribution in [2.24, 2.45) is 0 Å². The first-order valence-corrected chi connectivity index (χ1v) is 7.73. The van der Waals surface area contributed by atoms with Crippen LogP contribution < -0.4 is 4.31 Å². The zero-order valence-electron chi connectivity index (χ0n) is 9.11. The zero-order valence-corrected chi connectivity index (χ0v) is 11.5. The molecular weight excluding hydrogens is 290 g/mol. The maximum atomic E-state index is 11.9. The van der Waals surface area contributed by atoms with E-state index in [1.807, 2.05) is 18.2 Å². The third-order valence-electron chi connectivity index (χ3n) is 2.82. The Balaban J connectivity index is 2.49. The lowest BCUT2D eigenvalue weighted by molar-refractivity contribution is 0.588. The lowest BCUT2D eigenvalue weighted by atomic mass is 10.0. The number of hydrogen-bond donors (Lipinski definition) is 0. The van der Waals surface area contributed by atoms with E-state index in [4.69, 9.17) is 0 Å². The van der Waals surface area contributed by atoms with Gasteiger partial charge in [0.25, 0.3) is 0 Å². The standard InChI is InChI=1S/C11H14BrNO2S/c1-2-16(14,15)13-7-3-4-9-8-10(12)5-6-11(9)13/h5-6,8H,2-4,7H2,1H3. The van der Waals surface area contributed by atoms with Crippen LogP contribution in [0.15, 0.2) is 22.7 Å². The molecule has 1 aliphatic heterocycles. The number of sulfonamides is 1. The van der Waals surface area contributed by atoms with Crippen molar-refractivity contribution in [3.63, 3.8) is 0 Å². The molecule has 0 saturated carbocycles. The van der Waals surface area contributed by atoms with Gasteiger partial charge < -0.3 is 0 Å². The van der Waals surface area contributed by atoms with Gasteiger partial charge in [0.1, 0.15) is 0 Å². The lowest BCUT2D eigenvalue weighted by Crippen LogP contribution is -2.36. The van der Waals surface area contributed by atoms with Gasteiger partial charge in [-0.3, -0.25) is 4.31 Å². The molecule has 88 valence electrons. The Morgan fingerprint density at radius 1 is 1.44 bits per heavy atom. The van der Waals surface area contributed by atoms with Gasteiger partial charge in [-0.15, -0.1) is 0 Å². The number of halogens is 1. The zero-order chi connectivity index (χ0) is 11.8. The number of hydrogen-bond acceptors (Lipinski definition) is 2. The van der Waals surface area contributed by atoms with Crippen LogP contribution in [-0.4, -0.2) is 20.7 Å². The molecule has 0 amide bonds. The second-order valence-electron chi connectivity index (χ2n) is 3.85. The van der Waals surface area contributed by atoms with Crippen LogP contribution in [-0.2, 0) is 16.4 Å². The molecule has 0 unspecified atom stereocenters. The molecule has 0 bridgehead atoms. The van der Waals surface area contributed by atoms with Crippen LogP contribution in [0.2, 0.25) is 0 Å². The summed E-state index contributed by atoms with van der Waals surface area (Å²) in [6.07, 6.45) is 1.84. The van der Waals surface area contributed by atoms with Gasteiger partial charge in [0.05, 0.1) is 11.4 Å². The van der Waals surface area contributed by atoms with Crippen molar-refractivity contribution >= 4 is 31.6 Å². The summed E-state index contributed by atoms with van der Waals surface area (Å²) in [5, 5.41) is 0. The minimum absolute atomic E-state index is 0.155. The Kier molecular flexibility index (Phi) is 3.26. The Hall–Kier alpha value is -0.550. The molecule has 1 aliphatic rings. The topological polar surface area (TPSA) is 37.4 Å². The molecule has 16 heavy (non-hydrogen) atoms. The number of anilines is 1. The van der Waals surface area contributed by atoms with E-state index in [-0.39, 0.29) is 5.75 Å². The van der Waals surface area contributed by atoms with Crippen LogP contribution in [0.4, 0.5) is 5.69 Å². The highest BCUT2D eigenvalue weighted by Crippen LogP contribution is 2.31. The largest absolute Gasteiger partial charge is 0.270 e. The van der Waals surface area contributed by atoms with Crippen LogP contribution in [0.25, 0.3) is 0 Å². The minimum Gasteiger partial charge on any atom is -0.270 e. The summed E-state index contributed by atoms with van der Waals surface area (Å²) in [4.78, 5) is 0. The summed E-state index contributed by atoms with van der Waals surface area (Å²) in [6.45, 7) is 2.28. The molecule has 2 rings (SSSR count). The fraction of sp³-hybridized carbons (Fsp3) is 0.455. The quantitative estimate of drug-likeness (QED) is 0.842. The Morgan fingerprint density at radius 2 is 2.19 bits per heavy atom. The van der Waals surface area contributed by atoms with Crippen molar-refractivity contribution in [3.8, 4) is 0 Å². The Bertz CT molecular complexity index is 499.